The Balaban J connectivity index is 1.69. The molecular formula is C25H27N7O3. The molecule has 0 radical (unpaired) electrons. The standard InChI is InChI=1S/C25H27N7O3/c1-25(2,3)35-24(33)32-16-26-20-21(32)27-23(28-22(20)34-15-17-9-7-6-8-10-17)30-29-18-11-13-19(14-12-18)31(4)5/h6-14,16H,15H2,1-5H3. The average molecular weight is 474 g/mol. The topological polar surface area (TPSA) is 107 Å². The van der Waals surface area contributed by atoms with Crippen LogP contribution in [0.5, 0.6) is 5.88 Å². The minimum absolute atomic E-state index is 0.0301. The number of fused-ring (bicyclic) bond motifs is 1. The number of ether oxygens (including phenoxy) is 2. The van der Waals surface area contributed by atoms with Gasteiger partial charge in [0.15, 0.2) is 11.2 Å². The molecule has 2 aromatic carbocycles. The number of imidazole rings is 1. The van der Waals surface area contributed by atoms with E-state index in [0.29, 0.717) is 11.2 Å². The summed E-state index contributed by atoms with van der Waals surface area (Å²) in [5.74, 6) is 0.223. The van der Waals surface area contributed by atoms with Gasteiger partial charge in [-0.2, -0.15) is 9.97 Å². The van der Waals surface area contributed by atoms with Gasteiger partial charge < -0.3 is 14.4 Å². The van der Waals surface area contributed by atoms with Crippen molar-refractivity contribution in [3.63, 3.8) is 0 Å². The molecular weight excluding hydrogens is 446 g/mol. The molecule has 0 saturated heterocycles. The molecule has 0 aliphatic rings. The number of azo groups is 1. The second kappa shape index (κ2) is 9.88. The fourth-order valence-electron chi connectivity index (χ4n) is 3.10. The maximum Gasteiger partial charge on any atom is 0.421 e. The molecule has 2 aromatic heterocycles. The first-order valence-electron chi connectivity index (χ1n) is 11.0. The third kappa shape index (κ3) is 5.97. The van der Waals surface area contributed by atoms with Crippen molar-refractivity contribution in [1.29, 1.82) is 0 Å². The van der Waals surface area contributed by atoms with Gasteiger partial charge >= 0.3 is 6.09 Å². The molecule has 0 atom stereocenters. The van der Waals surface area contributed by atoms with Crippen LogP contribution in [0.2, 0.25) is 0 Å². The van der Waals surface area contributed by atoms with Gasteiger partial charge in [0.05, 0.1) is 5.69 Å². The van der Waals surface area contributed by atoms with E-state index in [4.69, 9.17) is 9.47 Å². The van der Waals surface area contributed by atoms with Crippen molar-refractivity contribution in [1.82, 2.24) is 19.5 Å². The maximum absolute atomic E-state index is 12.7. The maximum atomic E-state index is 12.7. The summed E-state index contributed by atoms with van der Waals surface area (Å²) < 4.78 is 12.6. The van der Waals surface area contributed by atoms with Crippen molar-refractivity contribution in [3.8, 4) is 5.88 Å². The lowest BCUT2D eigenvalue weighted by molar-refractivity contribution is 0.0543. The van der Waals surface area contributed by atoms with Crippen LogP contribution < -0.4 is 9.64 Å². The average Bonchev–Trinajstić information content (AvgIpc) is 3.25. The molecule has 0 unspecified atom stereocenters. The molecule has 35 heavy (non-hydrogen) atoms. The van der Waals surface area contributed by atoms with Gasteiger partial charge in [-0.3, -0.25) is 0 Å². The molecule has 10 heteroatoms. The number of aromatic nitrogens is 4. The van der Waals surface area contributed by atoms with Gasteiger partial charge in [-0.05, 0) is 50.6 Å². The molecule has 0 fully saturated rings. The molecule has 180 valence electrons. The molecule has 4 rings (SSSR count). The third-order valence-electron chi connectivity index (χ3n) is 4.78. The number of benzene rings is 2. The number of anilines is 1. The van der Waals surface area contributed by atoms with Crippen LogP contribution in [0.25, 0.3) is 11.2 Å². The molecule has 0 spiro atoms. The highest BCUT2D eigenvalue weighted by atomic mass is 16.6. The predicted octanol–water partition coefficient (Wildman–Crippen LogP) is 5.67. The summed E-state index contributed by atoms with van der Waals surface area (Å²) in [6.07, 6.45) is 0.721. The molecule has 2 heterocycles. The summed E-state index contributed by atoms with van der Waals surface area (Å²) in [7, 11) is 3.93. The monoisotopic (exact) mass is 473 g/mol. The zero-order valence-electron chi connectivity index (χ0n) is 20.3. The summed E-state index contributed by atoms with van der Waals surface area (Å²) in [5.41, 5.74) is 2.48. The van der Waals surface area contributed by atoms with Crippen molar-refractivity contribution in [2.24, 2.45) is 10.2 Å². The second-order valence-electron chi connectivity index (χ2n) is 8.98. The van der Waals surface area contributed by atoms with Crippen LogP contribution in [0.1, 0.15) is 26.3 Å². The summed E-state index contributed by atoms with van der Waals surface area (Å²) >= 11 is 0. The number of carbonyl (C=O) groups excluding carboxylic acids is 1. The van der Waals surface area contributed by atoms with Crippen molar-refractivity contribution in [3.05, 3.63) is 66.5 Å². The van der Waals surface area contributed by atoms with Gasteiger partial charge in [-0.25, -0.2) is 14.3 Å². The number of hydrogen-bond acceptors (Lipinski definition) is 9. The van der Waals surface area contributed by atoms with Crippen LogP contribution in [0.4, 0.5) is 22.1 Å². The smallest absolute Gasteiger partial charge is 0.421 e. The van der Waals surface area contributed by atoms with Gasteiger partial charge in [0, 0.05) is 19.8 Å². The summed E-state index contributed by atoms with van der Waals surface area (Å²) in [6.45, 7) is 5.62. The number of nitrogens with zero attached hydrogens (tertiary/aromatic N) is 7. The largest absolute Gasteiger partial charge is 0.471 e. The van der Waals surface area contributed by atoms with E-state index in [1.165, 1.54) is 10.9 Å². The van der Waals surface area contributed by atoms with Crippen molar-refractivity contribution < 1.29 is 14.3 Å². The lowest BCUT2D eigenvalue weighted by Gasteiger charge is -2.19. The minimum atomic E-state index is -0.686. The Hall–Kier alpha value is -4.34. The Morgan fingerprint density at radius 1 is 1.00 bits per heavy atom. The zero-order chi connectivity index (χ0) is 25.0. The van der Waals surface area contributed by atoms with E-state index in [0.717, 1.165) is 11.3 Å². The van der Waals surface area contributed by atoms with Crippen LogP contribution in [0.3, 0.4) is 0 Å². The van der Waals surface area contributed by atoms with E-state index < -0.39 is 11.7 Å². The predicted molar refractivity (Wildman–Crippen MR) is 133 cm³/mol. The summed E-state index contributed by atoms with van der Waals surface area (Å²) in [6, 6.07) is 17.2. The SMILES string of the molecule is CN(C)c1ccc(N=Nc2nc(OCc3ccccc3)c3ncn(C(=O)OC(C)(C)C)c3n2)cc1. The molecule has 0 bridgehead atoms. The first kappa shape index (κ1) is 23.8. The van der Waals surface area contributed by atoms with E-state index in [1.54, 1.807) is 20.8 Å². The number of carbonyl (C=O) groups is 1. The van der Waals surface area contributed by atoms with Gasteiger partial charge in [0.2, 0.25) is 5.88 Å². The van der Waals surface area contributed by atoms with E-state index in [1.807, 2.05) is 73.6 Å². The molecule has 0 aliphatic carbocycles. The van der Waals surface area contributed by atoms with Crippen LogP contribution in [-0.4, -0.2) is 45.3 Å². The lowest BCUT2D eigenvalue weighted by atomic mass is 10.2. The molecule has 10 nitrogen and oxygen atoms in total. The molecule has 0 saturated carbocycles. The Morgan fingerprint density at radius 3 is 2.37 bits per heavy atom. The number of hydrogen-bond donors (Lipinski definition) is 0. The van der Waals surface area contributed by atoms with Gasteiger partial charge in [-0.1, -0.05) is 30.3 Å². The van der Waals surface area contributed by atoms with Crippen LogP contribution >= 0.6 is 0 Å². The quantitative estimate of drug-likeness (QED) is 0.332. The van der Waals surface area contributed by atoms with Gasteiger partial charge in [0.1, 0.15) is 18.5 Å². The normalized spacial score (nSPS) is 11.7. The van der Waals surface area contributed by atoms with E-state index >= 15 is 0 Å². The Morgan fingerprint density at radius 2 is 1.71 bits per heavy atom. The fourth-order valence-corrected chi connectivity index (χ4v) is 3.10. The number of rotatable bonds is 6. The Labute approximate surface area is 203 Å². The summed E-state index contributed by atoms with van der Waals surface area (Å²) in [4.78, 5) is 27.8. The molecule has 4 aromatic rings. The highest BCUT2D eigenvalue weighted by Crippen LogP contribution is 2.27. The molecule has 0 amide bonds. The fraction of sp³-hybridized carbons (Fsp3) is 0.280. The van der Waals surface area contributed by atoms with E-state index in [-0.39, 0.29) is 24.1 Å². The van der Waals surface area contributed by atoms with Crippen molar-refractivity contribution in [2.75, 3.05) is 19.0 Å². The second-order valence-corrected chi connectivity index (χ2v) is 8.98. The molecule has 0 N–H and O–H groups in total. The zero-order valence-corrected chi connectivity index (χ0v) is 20.3. The lowest BCUT2D eigenvalue weighted by Crippen LogP contribution is -2.26. The van der Waals surface area contributed by atoms with E-state index in [9.17, 15) is 4.79 Å². The highest BCUT2D eigenvalue weighted by molar-refractivity contribution is 5.87. The summed E-state index contributed by atoms with van der Waals surface area (Å²) in [5, 5.41) is 8.43. The minimum Gasteiger partial charge on any atom is -0.471 e. The van der Waals surface area contributed by atoms with Crippen LogP contribution in [0, 0.1) is 0 Å². The first-order chi connectivity index (χ1) is 16.7. The highest BCUT2D eigenvalue weighted by Gasteiger charge is 2.23. The van der Waals surface area contributed by atoms with E-state index in [2.05, 4.69) is 25.2 Å². The van der Waals surface area contributed by atoms with Crippen LogP contribution in [-0.2, 0) is 11.3 Å². The van der Waals surface area contributed by atoms with Gasteiger partial charge in [0.25, 0.3) is 5.95 Å². The Kier molecular flexibility index (Phi) is 6.72. The van der Waals surface area contributed by atoms with Crippen molar-refractivity contribution in [2.45, 2.75) is 33.0 Å². The van der Waals surface area contributed by atoms with Crippen LogP contribution in [0.15, 0.2) is 71.2 Å². The third-order valence-corrected chi connectivity index (χ3v) is 4.78. The Bertz CT molecular complexity index is 1340. The van der Waals surface area contributed by atoms with Crippen molar-refractivity contribution >= 4 is 34.6 Å². The van der Waals surface area contributed by atoms with Gasteiger partial charge in [-0.15, -0.1) is 10.2 Å². The molecule has 0 aliphatic heterocycles. The first-order valence-corrected chi connectivity index (χ1v) is 11.0.